The first-order valence-corrected chi connectivity index (χ1v) is 10.9. The average molecular weight is 464 g/mol. The zero-order valence-electron chi connectivity index (χ0n) is 15.5. The van der Waals surface area contributed by atoms with Crippen molar-refractivity contribution in [2.24, 2.45) is 0 Å². The highest BCUT2D eigenvalue weighted by Gasteiger charge is 2.31. The number of carbonyl (C=O) groups excluding carboxylic acids is 1. The minimum atomic E-state index is -4.54. The monoisotopic (exact) mass is 463 g/mol. The molecule has 0 bridgehead atoms. The molecule has 1 N–H and O–H groups in total. The lowest BCUT2D eigenvalue weighted by molar-refractivity contribution is -0.137. The molecule has 1 unspecified atom stereocenters. The van der Waals surface area contributed by atoms with Crippen molar-refractivity contribution in [3.8, 4) is 0 Å². The molecule has 0 fully saturated rings. The molecule has 2 aromatic rings. The molecule has 1 atom stereocenters. The highest BCUT2D eigenvalue weighted by molar-refractivity contribution is 8.00. The Hall–Kier alpha value is -1.65. The maximum Gasteiger partial charge on any atom is 0.416 e. The molecule has 0 spiro atoms. The van der Waals surface area contributed by atoms with Crippen molar-refractivity contribution in [2.45, 2.75) is 48.3 Å². The Balaban J connectivity index is 1.75. The summed E-state index contributed by atoms with van der Waals surface area (Å²) in [5.41, 5.74) is -0.430. The van der Waals surface area contributed by atoms with E-state index < -0.39 is 17.6 Å². The second kappa shape index (κ2) is 8.61. The van der Waals surface area contributed by atoms with E-state index in [0.717, 1.165) is 35.7 Å². The predicted molar refractivity (Wildman–Crippen MR) is 109 cm³/mol. The van der Waals surface area contributed by atoms with Crippen molar-refractivity contribution in [1.82, 2.24) is 9.55 Å². The fraction of sp³-hybridized carbons (Fsp3) is 0.389. The van der Waals surface area contributed by atoms with Crippen LogP contribution in [0.3, 0.4) is 0 Å². The van der Waals surface area contributed by atoms with E-state index in [0.29, 0.717) is 23.0 Å². The molecule has 1 aliphatic heterocycles. The minimum Gasteiger partial charge on any atom is -0.324 e. The SMILES string of the molecule is CCn1c(SCC(=O)Nc2cc(C(F)(F)F)ccc2Cl)nc2c(c1=O)SC(C)C2. The van der Waals surface area contributed by atoms with Gasteiger partial charge in [0.05, 0.1) is 32.6 Å². The van der Waals surface area contributed by atoms with Crippen molar-refractivity contribution in [2.75, 3.05) is 11.1 Å². The molecular formula is C18H17ClF3N3O2S2. The molecule has 156 valence electrons. The number of rotatable bonds is 5. The van der Waals surface area contributed by atoms with Crippen LogP contribution >= 0.6 is 35.1 Å². The Morgan fingerprint density at radius 1 is 1.45 bits per heavy atom. The molecule has 0 saturated carbocycles. The summed E-state index contributed by atoms with van der Waals surface area (Å²) in [5.74, 6) is -0.670. The zero-order chi connectivity index (χ0) is 21.3. The number of halogens is 4. The molecule has 1 amide bonds. The number of nitrogens with one attached hydrogen (secondary N) is 1. The van der Waals surface area contributed by atoms with E-state index >= 15 is 0 Å². The van der Waals surface area contributed by atoms with Gasteiger partial charge in [-0.05, 0) is 25.1 Å². The standard InChI is InChI=1S/C18H17ClF3N3O2S2/c1-3-25-16(27)15-13(6-9(2)29-15)24-17(25)28-8-14(26)23-12-7-10(18(20,21)22)4-5-11(12)19/h4-5,7,9H,3,6,8H2,1-2H3,(H,23,26). The van der Waals surface area contributed by atoms with Gasteiger partial charge in [0.15, 0.2) is 5.16 Å². The summed E-state index contributed by atoms with van der Waals surface area (Å²) in [6.45, 7) is 4.23. The van der Waals surface area contributed by atoms with Crippen LogP contribution in [0.15, 0.2) is 33.0 Å². The quantitative estimate of drug-likeness (QED) is 0.514. The number of thioether (sulfide) groups is 2. The molecule has 11 heteroatoms. The van der Waals surface area contributed by atoms with Crippen molar-refractivity contribution in [1.29, 1.82) is 0 Å². The van der Waals surface area contributed by atoms with Crippen molar-refractivity contribution >= 4 is 46.7 Å². The number of hydrogen-bond donors (Lipinski definition) is 1. The summed E-state index contributed by atoms with van der Waals surface area (Å²) in [5, 5.41) is 3.08. The molecule has 0 radical (unpaired) electrons. The molecule has 1 aromatic heterocycles. The van der Waals surface area contributed by atoms with Crippen LogP contribution < -0.4 is 10.9 Å². The second-order valence-electron chi connectivity index (χ2n) is 6.38. The summed E-state index contributed by atoms with van der Waals surface area (Å²) < 4.78 is 40.1. The predicted octanol–water partition coefficient (Wildman–Crippen LogP) is 4.70. The highest BCUT2D eigenvalue weighted by Crippen LogP contribution is 2.35. The Morgan fingerprint density at radius 3 is 2.83 bits per heavy atom. The summed E-state index contributed by atoms with van der Waals surface area (Å²) in [6.07, 6.45) is -3.86. The van der Waals surface area contributed by atoms with Crippen LogP contribution in [0.1, 0.15) is 25.1 Å². The Morgan fingerprint density at radius 2 is 2.17 bits per heavy atom. The van der Waals surface area contributed by atoms with Crippen LogP contribution in [-0.4, -0.2) is 26.5 Å². The zero-order valence-corrected chi connectivity index (χ0v) is 17.9. The van der Waals surface area contributed by atoms with E-state index in [1.807, 2.05) is 13.8 Å². The number of fused-ring (bicyclic) bond motifs is 1. The Kier molecular flexibility index (Phi) is 6.54. The fourth-order valence-electron chi connectivity index (χ4n) is 2.83. The molecule has 1 aromatic carbocycles. The largest absolute Gasteiger partial charge is 0.416 e. The average Bonchev–Trinajstić information content (AvgIpc) is 3.01. The van der Waals surface area contributed by atoms with E-state index in [-0.39, 0.29) is 27.3 Å². The highest BCUT2D eigenvalue weighted by atomic mass is 35.5. The summed E-state index contributed by atoms with van der Waals surface area (Å²) >= 11 is 8.46. The van der Waals surface area contributed by atoms with Gasteiger partial charge in [-0.2, -0.15) is 13.2 Å². The molecule has 3 rings (SSSR count). The Bertz CT molecular complexity index is 1010. The van der Waals surface area contributed by atoms with Gasteiger partial charge in [-0.15, -0.1) is 11.8 Å². The Labute approximate surface area is 178 Å². The van der Waals surface area contributed by atoms with Gasteiger partial charge in [0, 0.05) is 18.2 Å². The van der Waals surface area contributed by atoms with Crippen LogP contribution in [0.2, 0.25) is 5.02 Å². The molecule has 0 aliphatic carbocycles. The van der Waals surface area contributed by atoms with Crippen molar-refractivity contribution in [3.63, 3.8) is 0 Å². The third-order valence-corrected chi connectivity index (χ3v) is 6.70. The van der Waals surface area contributed by atoms with Gasteiger partial charge in [0.2, 0.25) is 5.91 Å². The number of hydrogen-bond acceptors (Lipinski definition) is 5. The molecule has 29 heavy (non-hydrogen) atoms. The molecule has 5 nitrogen and oxygen atoms in total. The summed E-state index contributed by atoms with van der Waals surface area (Å²) in [6, 6.07) is 2.72. The minimum absolute atomic E-state index is 0.00323. The first-order chi connectivity index (χ1) is 13.6. The van der Waals surface area contributed by atoms with E-state index in [4.69, 9.17) is 11.6 Å². The molecule has 2 heterocycles. The van der Waals surface area contributed by atoms with E-state index in [1.54, 1.807) is 0 Å². The molecular weight excluding hydrogens is 447 g/mol. The lowest BCUT2D eigenvalue weighted by Crippen LogP contribution is -2.25. The maximum absolute atomic E-state index is 12.9. The van der Waals surface area contributed by atoms with Gasteiger partial charge >= 0.3 is 6.18 Å². The lowest BCUT2D eigenvalue weighted by atomic mass is 10.2. The lowest BCUT2D eigenvalue weighted by Gasteiger charge is -2.13. The number of benzene rings is 1. The molecule has 0 saturated heterocycles. The first-order valence-electron chi connectivity index (χ1n) is 8.70. The molecule has 1 aliphatic rings. The van der Waals surface area contributed by atoms with Crippen LogP contribution in [-0.2, 0) is 23.9 Å². The second-order valence-corrected chi connectivity index (χ2v) is 9.18. The topological polar surface area (TPSA) is 64.0 Å². The van der Waals surface area contributed by atoms with Gasteiger partial charge in [0.25, 0.3) is 5.56 Å². The number of aromatic nitrogens is 2. The number of anilines is 1. The van der Waals surface area contributed by atoms with Crippen LogP contribution in [0, 0.1) is 0 Å². The number of amides is 1. The van der Waals surface area contributed by atoms with Gasteiger partial charge in [0.1, 0.15) is 0 Å². The van der Waals surface area contributed by atoms with Crippen LogP contribution in [0.5, 0.6) is 0 Å². The van der Waals surface area contributed by atoms with Gasteiger partial charge in [-0.25, -0.2) is 4.98 Å². The smallest absolute Gasteiger partial charge is 0.324 e. The van der Waals surface area contributed by atoms with E-state index in [9.17, 15) is 22.8 Å². The normalized spacial score (nSPS) is 16.0. The van der Waals surface area contributed by atoms with E-state index in [2.05, 4.69) is 10.3 Å². The summed E-state index contributed by atoms with van der Waals surface area (Å²) in [7, 11) is 0. The third-order valence-electron chi connectivity index (χ3n) is 4.18. The summed E-state index contributed by atoms with van der Waals surface area (Å²) in [4.78, 5) is 30.1. The van der Waals surface area contributed by atoms with Crippen LogP contribution in [0.4, 0.5) is 18.9 Å². The number of carbonyl (C=O) groups is 1. The van der Waals surface area contributed by atoms with E-state index in [1.165, 1.54) is 16.3 Å². The third kappa shape index (κ3) is 4.92. The van der Waals surface area contributed by atoms with Gasteiger partial charge in [-0.3, -0.25) is 14.2 Å². The fourth-order valence-corrected chi connectivity index (χ4v) is 4.99. The van der Waals surface area contributed by atoms with Gasteiger partial charge < -0.3 is 5.32 Å². The van der Waals surface area contributed by atoms with Crippen molar-refractivity contribution < 1.29 is 18.0 Å². The number of nitrogens with zero attached hydrogens (tertiary/aromatic N) is 2. The van der Waals surface area contributed by atoms with Gasteiger partial charge in [-0.1, -0.05) is 30.3 Å². The van der Waals surface area contributed by atoms with Crippen molar-refractivity contribution in [3.05, 3.63) is 44.8 Å². The maximum atomic E-state index is 12.9. The first kappa shape index (κ1) is 22.0. The number of alkyl halides is 3. The van der Waals surface area contributed by atoms with Crippen LogP contribution in [0.25, 0.3) is 0 Å².